The average molecular weight is 479 g/mol. The van der Waals surface area contributed by atoms with Gasteiger partial charge in [0.05, 0.1) is 6.04 Å². The van der Waals surface area contributed by atoms with Crippen LogP contribution in [-0.2, 0) is 22.6 Å². The summed E-state index contributed by atoms with van der Waals surface area (Å²) in [5.41, 5.74) is 4.72. The van der Waals surface area contributed by atoms with Crippen LogP contribution in [0.5, 0.6) is 11.5 Å². The maximum absolute atomic E-state index is 12.7. The number of hydrogen-bond donors (Lipinski definition) is 2. The van der Waals surface area contributed by atoms with Crippen molar-refractivity contribution in [2.24, 2.45) is 0 Å². The number of amides is 2. The number of aryl methyl sites for hydroxylation is 1. The Hall–Kier alpha value is -3.26. The smallest absolute Gasteiger partial charge is 0.309 e. The summed E-state index contributed by atoms with van der Waals surface area (Å²) < 4.78 is 10.7. The molecule has 2 aromatic rings. The molecular weight excluding hydrogens is 444 g/mol. The summed E-state index contributed by atoms with van der Waals surface area (Å²) in [7, 11) is 2.14. The molecule has 0 aliphatic carbocycles. The molecule has 1 atom stereocenters. The normalized spacial score (nSPS) is 18.0. The van der Waals surface area contributed by atoms with Crippen molar-refractivity contribution in [1.29, 1.82) is 0 Å². The Morgan fingerprint density at radius 3 is 2.57 bits per heavy atom. The van der Waals surface area contributed by atoms with Crippen molar-refractivity contribution in [1.82, 2.24) is 15.5 Å². The zero-order valence-electron chi connectivity index (χ0n) is 20.3. The van der Waals surface area contributed by atoms with Crippen LogP contribution in [0.4, 0.5) is 5.69 Å². The van der Waals surface area contributed by atoms with Gasteiger partial charge in [0.1, 0.15) is 0 Å². The van der Waals surface area contributed by atoms with Crippen molar-refractivity contribution in [3.8, 4) is 11.5 Å². The van der Waals surface area contributed by atoms with Crippen molar-refractivity contribution in [2.45, 2.75) is 44.7 Å². The van der Waals surface area contributed by atoms with Gasteiger partial charge >= 0.3 is 11.8 Å². The first-order valence-corrected chi connectivity index (χ1v) is 12.6. The molecule has 3 aliphatic heterocycles. The van der Waals surface area contributed by atoms with Crippen molar-refractivity contribution >= 4 is 17.5 Å². The predicted molar refractivity (Wildman–Crippen MR) is 134 cm³/mol. The third-order valence-electron chi connectivity index (χ3n) is 7.22. The van der Waals surface area contributed by atoms with E-state index in [9.17, 15) is 9.59 Å². The van der Waals surface area contributed by atoms with E-state index >= 15 is 0 Å². The standard InChI is InChI=1S/C27H34N4O4/c1-30-11-5-6-20-15-21(8-9-22(20)30)23(31-12-3-2-4-13-31)17-29-27(33)26(32)28-16-19-7-10-24-25(14-19)35-18-34-24/h7-10,14-15,23H,2-6,11-13,16-18H2,1H3,(H,28,32)(H,29,33). The first-order valence-electron chi connectivity index (χ1n) is 12.6. The molecule has 0 aromatic heterocycles. The molecule has 0 spiro atoms. The van der Waals surface area contributed by atoms with Gasteiger partial charge < -0.3 is 25.0 Å². The zero-order chi connectivity index (χ0) is 24.2. The van der Waals surface area contributed by atoms with E-state index in [0.29, 0.717) is 18.0 Å². The van der Waals surface area contributed by atoms with E-state index in [0.717, 1.165) is 50.9 Å². The van der Waals surface area contributed by atoms with Crippen LogP contribution in [0, 0.1) is 0 Å². The van der Waals surface area contributed by atoms with Crippen LogP contribution in [0.3, 0.4) is 0 Å². The van der Waals surface area contributed by atoms with Gasteiger partial charge in [-0.15, -0.1) is 0 Å². The molecule has 8 heteroatoms. The number of anilines is 1. The third kappa shape index (κ3) is 5.37. The second-order valence-electron chi connectivity index (χ2n) is 9.61. The van der Waals surface area contributed by atoms with E-state index in [2.05, 4.69) is 45.7 Å². The van der Waals surface area contributed by atoms with Gasteiger partial charge in [-0.2, -0.15) is 0 Å². The van der Waals surface area contributed by atoms with Crippen LogP contribution in [0.15, 0.2) is 36.4 Å². The number of fused-ring (bicyclic) bond motifs is 2. The summed E-state index contributed by atoms with van der Waals surface area (Å²) in [5.74, 6) is 0.106. The average Bonchev–Trinajstić information content (AvgIpc) is 3.36. The number of hydrogen-bond acceptors (Lipinski definition) is 6. The predicted octanol–water partition coefficient (Wildman–Crippen LogP) is 2.76. The molecule has 2 amide bonds. The lowest BCUT2D eigenvalue weighted by Gasteiger charge is -2.36. The second kappa shape index (κ2) is 10.6. The van der Waals surface area contributed by atoms with Crippen molar-refractivity contribution in [3.05, 3.63) is 53.1 Å². The maximum Gasteiger partial charge on any atom is 0.309 e. The molecule has 1 fully saturated rings. The molecule has 8 nitrogen and oxygen atoms in total. The molecule has 0 saturated carbocycles. The fraction of sp³-hybridized carbons (Fsp3) is 0.481. The Morgan fingerprint density at radius 2 is 1.71 bits per heavy atom. The number of carbonyl (C=O) groups is 2. The fourth-order valence-corrected chi connectivity index (χ4v) is 5.28. The Balaban J connectivity index is 1.22. The van der Waals surface area contributed by atoms with Crippen molar-refractivity contribution < 1.29 is 19.1 Å². The van der Waals surface area contributed by atoms with Gasteiger partial charge in [0, 0.05) is 32.4 Å². The van der Waals surface area contributed by atoms with Crippen LogP contribution < -0.4 is 25.0 Å². The fourth-order valence-electron chi connectivity index (χ4n) is 5.28. The number of rotatable bonds is 6. The number of piperidine rings is 1. The first kappa shape index (κ1) is 23.5. The quantitative estimate of drug-likeness (QED) is 0.622. The highest BCUT2D eigenvalue weighted by Crippen LogP contribution is 2.33. The Morgan fingerprint density at radius 1 is 0.914 bits per heavy atom. The molecule has 35 heavy (non-hydrogen) atoms. The van der Waals surface area contributed by atoms with Crippen molar-refractivity contribution in [2.75, 3.05) is 44.9 Å². The molecule has 2 aromatic carbocycles. The summed E-state index contributed by atoms with van der Waals surface area (Å²) in [6.45, 7) is 3.95. The lowest BCUT2D eigenvalue weighted by atomic mass is 9.95. The Kier molecular flexibility index (Phi) is 7.08. The van der Waals surface area contributed by atoms with Gasteiger partial charge in [0.25, 0.3) is 0 Å². The molecule has 0 bridgehead atoms. The molecule has 3 aliphatic rings. The SMILES string of the molecule is CN1CCCc2cc(C(CNC(=O)C(=O)NCc3ccc4c(c3)OCO4)N3CCCCC3)ccc21. The van der Waals surface area contributed by atoms with Gasteiger partial charge in [-0.25, -0.2) is 0 Å². The summed E-state index contributed by atoms with van der Waals surface area (Å²) in [4.78, 5) is 29.9. The zero-order valence-corrected chi connectivity index (χ0v) is 20.3. The number of nitrogens with one attached hydrogen (secondary N) is 2. The van der Waals surface area contributed by atoms with Gasteiger partial charge in [0.2, 0.25) is 6.79 Å². The van der Waals surface area contributed by atoms with Crippen LogP contribution in [0.2, 0.25) is 0 Å². The Bertz CT molecular complexity index is 1080. The minimum Gasteiger partial charge on any atom is -0.454 e. The lowest BCUT2D eigenvalue weighted by molar-refractivity contribution is -0.139. The van der Waals surface area contributed by atoms with Crippen LogP contribution in [0.25, 0.3) is 0 Å². The van der Waals surface area contributed by atoms with Crippen LogP contribution in [0.1, 0.15) is 48.4 Å². The summed E-state index contributed by atoms with van der Waals surface area (Å²) in [6, 6.07) is 12.2. The lowest BCUT2D eigenvalue weighted by Crippen LogP contribution is -2.45. The number of nitrogens with zero attached hydrogens (tertiary/aromatic N) is 2. The molecule has 186 valence electrons. The Labute approximate surface area is 206 Å². The van der Waals surface area contributed by atoms with Gasteiger partial charge in [-0.1, -0.05) is 24.6 Å². The molecule has 1 unspecified atom stereocenters. The molecule has 0 radical (unpaired) electrons. The van der Waals surface area contributed by atoms with Gasteiger partial charge in [0.15, 0.2) is 11.5 Å². The number of carbonyl (C=O) groups excluding carboxylic acids is 2. The van der Waals surface area contributed by atoms with E-state index in [4.69, 9.17) is 9.47 Å². The molecule has 3 heterocycles. The molecule has 5 rings (SSSR count). The maximum atomic E-state index is 12.7. The summed E-state index contributed by atoms with van der Waals surface area (Å²) in [5, 5.41) is 5.61. The summed E-state index contributed by atoms with van der Waals surface area (Å²) >= 11 is 0. The second-order valence-corrected chi connectivity index (χ2v) is 9.61. The highest BCUT2D eigenvalue weighted by atomic mass is 16.7. The van der Waals surface area contributed by atoms with E-state index < -0.39 is 11.8 Å². The third-order valence-corrected chi connectivity index (χ3v) is 7.22. The monoisotopic (exact) mass is 478 g/mol. The van der Waals surface area contributed by atoms with Crippen molar-refractivity contribution in [3.63, 3.8) is 0 Å². The minimum atomic E-state index is -0.632. The molecule has 1 saturated heterocycles. The largest absolute Gasteiger partial charge is 0.454 e. The highest BCUT2D eigenvalue weighted by Gasteiger charge is 2.26. The highest BCUT2D eigenvalue weighted by molar-refractivity contribution is 6.35. The number of ether oxygens (including phenoxy) is 2. The number of likely N-dealkylation sites (tertiary alicyclic amines) is 1. The van der Waals surface area contributed by atoms with Gasteiger partial charge in [-0.3, -0.25) is 14.5 Å². The van der Waals surface area contributed by atoms with E-state index in [1.807, 2.05) is 18.2 Å². The first-order chi connectivity index (χ1) is 17.1. The topological polar surface area (TPSA) is 83.1 Å². The minimum absolute atomic E-state index is 0.0541. The molecular formula is C27H34N4O4. The van der Waals surface area contributed by atoms with Crippen LogP contribution >= 0.6 is 0 Å². The van der Waals surface area contributed by atoms with E-state index in [-0.39, 0.29) is 19.4 Å². The van der Waals surface area contributed by atoms with Gasteiger partial charge in [-0.05, 0) is 73.7 Å². The summed E-state index contributed by atoms with van der Waals surface area (Å²) in [6.07, 6.45) is 5.80. The van der Waals surface area contributed by atoms with E-state index in [1.165, 1.54) is 23.2 Å². The number of benzene rings is 2. The van der Waals surface area contributed by atoms with E-state index in [1.54, 1.807) is 0 Å². The van der Waals surface area contributed by atoms with Crippen LogP contribution in [-0.4, -0.2) is 56.7 Å². The molecule has 2 N–H and O–H groups in total.